The second-order valence-electron chi connectivity index (χ2n) is 3.34. The first-order valence-electron chi connectivity index (χ1n) is 4.61. The molecule has 0 rings (SSSR count). The van der Waals surface area contributed by atoms with E-state index < -0.39 is 43.3 Å². The van der Waals surface area contributed by atoms with Gasteiger partial charge in [-0.05, 0) is 6.92 Å². The van der Waals surface area contributed by atoms with Crippen LogP contribution in [0.1, 0.15) is 6.92 Å². The van der Waals surface area contributed by atoms with Gasteiger partial charge in [-0.3, -0.25) is 4.79 Å². The Morgan fingerprint density at radius 3 is 2.24 bits per heavy atom. The second-order valence-corrected chi connectivity index (χ2v) is 3.34. The molecule has 0 saturated carbocycles. The van der Waals surface area contributed by atoms with Gasteiger partial charge in [-0.15, -0.1) is 0 Å². The van der Waals surface area contributed by atoms with Crippen LogP contribution in [0, 0.1) is 0 Å². The van der Waals surface area contributed by atoms with Crippen LogP contribution in [0.2, 0.25) is 0 Å². The molecule has 1 amide bonds. The fourth-order valence-corrected chi connectivity index (χ4v) is 0.931. The number of alkyl halides is 3. The van der Waals surface area contributed by atoms with Crippen molar-refractivity contribution >= 4 is 11.9 Å². The Balaban J connectivity index is 4.04. The maximum absolute atomic E-state index is 11.7. The zero-order valence-electron chi connectivity index (χ0n) is 8.91. The van der Waals surface area contributed by atoms with E-state index in [9.17, 15) is 22.8 Å². The maximum atomic E-state index is 11.7. The molecule has 2 atom stereocenters. The number of aliphatic hydroxyl groups excluding tert-OH is 1. The minimum Gasteiger partial charge on any atom is -0.480 e. The SMILES string of the molecule is C[C@@H](O)[C@H](NC(=O)CNCC(F)(F)F)C(=O)O. The molecular weight excluding hydrogens is 245 g/mol. The molecule has 0 aliphatic rings. The molecule has 0 unspecified atom stereocenters. The molecular formula is C8H13F3N2O4. The Bertz CT molecular complexity index is 280. The van der Waals surface area contributed by atoms with Gasteiger partial charge in [0, 0.05) is 0 Å². The van der Waals surface area contributed by atoms with Gasteiger partial charge in [0.1, 0.15) is 0 Å². The molecule has 0 heterocycles. The first kappa shape index (κ1) is 15.7. The number of nitrogens with one attached hydrogen (secondary N) is 2. The number of carbonyl (C=O) groups excluding carboxylic acids is 1. The highest BCUT2D eigenvalue weighted by atomic mass is 19.4. The van der Waals surface area contributed by atoms with Gasteiger partial charge < -0.3 is 20.8 Å². The van der Waals surface area contributed by atoms with E-state index >= 15 is 0 Å². The molecule has 0 aromatic rings. The topological polar surface area (TPSA) is 98.7 Å². The zero-order valence-corrected chi connectivity index (χ0v) is 8.91. The second kappa shape index (κ2) is 6.40. The van der Waals surface area contributed by atoms with E-state index in [2.05, 4.69) is 0 Å². The van der Waals surface area contributed by atoms with Gasteiger partial charge >= 0.3 is 12.1 Å². The summed E-state index contributed by atoms with van der Waals surface area (Å²) in [4.78, 5) is 21.6. The van der Waals surface area contributed by atoms with Gasteiger partial charge in [-0.1, -0.05) is 0 Å². The third-order valence-electron chi connectivity index (χ3n) is 1.68. The van der Waals surface area contributed by atoms with Gasteiger partial charge in [0.2, 0.25) is 5.91 Å². The van der Waals surface area contributed by atoms with Crippen LogP contribution in [0.4, 0.5) is 13.2 Å². The van der Waals surface area contributed by atoms with Crippen molar-refractivity contribution in [1.29, 1.82) is 0 Å². The summed E-state index contributed by atoms with van der Waals surface area (Å²) in [5.41, 5.74) is 0. The summed E-state index contributed by atoms with van der Waals surface area (Å²) < 4.78 is 35.1. The summed E-state index contributed by atoms with van der Waals surface area (Å²) in [6, 6.07) is -1.55. The number of carbonyl (C=O) groups is 2. The highest BCUT2D eigenvalue weighted by Crippen LogP contribution is 2.11. The Kier molecular flexibility index (Phi) is 5.89. The minimum atomic E-state index is -4.45. The van der Waals surface area contributed by atoms with E-state index in [0.717, 1.165) is 6.92 Å². The Labute approximate surface area is 94.8 Å². The van der Waals surface area contributed by atoms with Crippen molar-refractivity contribution < 1.29 is 33.0 Å². The van der Waals surface area contributed by atoms with Crippen molar-refractivity contribution in [3.63, 3.8) is 0 Å². The van der Waals surface area contributed by atoms with Crippen LogP contribution in [0.25, 0.3) is 0 Å². The summed E-state index contributed by atoms with van der Waals surface area (Å²) in [7, 11) is 0. The molecule has 4 N–H and O–H groups in total. The van der Waals surface area contributed by atoms with Crippen molar-refractivity contribution in [1.82, 2.24) is 10.6 Å². The highest BCUT2D eigenvalue weighted by molar-refractivity contribution is 5.85. The predicted octanol–water partition coefficient (Wildman–Crippen LogP) is -0.912. The molecule has 0 aromatic heterocycles. The Morgan fingerprint density at radius 2 is 1.88 bits per heavy atom. The van der Waals surface area contributed by atoms with Crippen LogP contribution < -0.4 is 10.6 Å². The number of amides is 1. The first-order valence-corrected chi connectivity index (χ1v) is 4.61. The van der Waals surface area contributed by atoms with E-state index in [0.29, 0.717) is 0 Å². The molecule has 6 nitrogen and oxygen atoms in total. The molecule has 17 heavy (non-hydrogen) atoms. The number of carboxylic acids is 1. The monoisotopic (exact) mass is 258 g/mol. The molecule has 0 aliphatic heterocycles. The molecule has 0 fully saturated rings. The van der Waals surface area contributed by atoms with Crippen molar-refractivity contribution in [2.24, 2.45) is 0 Å². The highest BCUT2D eigenvalue weighted by Gasteiger charge is 2.28. The molecule has 0 spiro atoms. The summed E-state index contributed by atoms with van der Waals surface area (Å²) in [5, 5.41) is 21.2. The lowest BCUT2D eigenvalue weighted by Gasteiger charge is -2.17. The average Bonchev–Trinajstić information content (AvgIpc) is 2.10. The maximum Gasteiger partial charge on any atom is 0.401 e. The van der Waals surface area contributed by atoms with Gasteiger partial charge in [0.25, 0.3) is 0 Å². The third kappa shape index (κ3) is 7.53. The van der Waals surface area contributed by atoms with Crippen molar-refractivity contribution in [3.05, 3.63) is 0 Å². The number of halogens is 3. The van der Waals surface area contributed by atoms with Crippen LogP contribution in [0.3, 0.4) is 0 Å². The van der Waals surface area contributed by atoms with Crippen molar-refractivity contribution in [2.75, 3.05) is 13.1 Å². The van der Waals surface area contributed by atoms with Crippen LogP contribution in [-0.4, -0.2) is 53.5 Å². The smallest absolute Gasteiger partial charge is 0.401 e. The quantitative estimate of drug-likeness (QED) is 0.494. The van der Waals surface area contributed by atoms with Crippen LogP contribution in [0.15, 0.2) is 0 Å². The van der Waals surface area contributed by atoms with Crippen molar-refractivity contribution in [3.8, 4) is 0 Å². The van der Waals surface area contributed by atoms with Crippen LogP contribution >= 0.6 is 0 Å². The van der Waals surface area contributed by atoms with Gasteiger partial charge in [-0.2, -0.15) is 13.2 Å². The number of hydrogen-bond acceptors (Lipinski definition) is 4. The summed E-state index contributed by atoms with van der Waals surface area (Å²) in [6.07, 6.45) is -5.80. The summed E-state index contributed by atoms with van der Waals surface area (Å²) in [6.45, 7) is -0.898. The summed E-state index contributed by atoms with van der Waals surface area (Å²) >= 11 is 0. The predicted molar refractivity (Wildman–Crippen MR) is 50.2 cm³/mol. The standard InChI is InChI=1S/C8H13F3N2O4/c1-4(14)6(7(16)17)13-5(15)2-12-3-8(9,10)11/h4,6,12,14H,2-3H2,1H3,(H,13,15)(H,16,17)/t4-,6+/m1/s1. The van der Waals surface area contributed by atoms with Gasteiger partial charge in [0.05, 0.1) is 19.2 Å². The largest absolute Gasteiger partial charge is 0.480 e. The number of carboxylic acid groups (broad SMARTS) is 1. The average molecular weight is 258 g/mol. The van der Waals surface area contributed by atoms with Gasteiger partial charge in [0.15, 0.2) is 6.04 Å². The number of aliphatic hydroxyl groups is 1. The summed E-state index contributed by atoms with van der Waals surface area (Å²) in [5.74, 6) is -2.41. The molecule has 0 aromatic carbocycles. The van der Waals surface area contributed by atoms with E-state index in [1.165, 1.54) is 0 Å². The Morgan fingerprint density at radius 1 is 1.35 bits per heavy atom. The Hall–Kier alpha value is -1.35. The van der Waals surface area contributed by atoms with E-state index in [4.69, 9.17) is 10.2 Å². The normalized spacial score (nSPS) is 15.1. The first-order chi connectivity index (χ1) is 7.63. The molecule has 0 saturated heterocycles. The fraction of sp³-hybridized carbons (Fsp3) is 0.750. The van der Waals surface area contributed by atoms with E-state index in [1.807, 2.05) is 5.32 Å². The third-order valence-corrected chi connectivity index (χ3v) is 1.68. The number of rotatable bonds is 6. The molecule has 0 bridgehead atoms. The molecule has 0 radical (unpaired) electrons. The van der Waals surface area contributed by atoms with Crippen molar-refractivity contribution in [2.45, 2.75) is 25.2 Å². The fourth-order valence-electron chi connectivity index (χ4n) is 0.931. The van der Waals surface area contributed by atoms with Crippen LogP contribution in [-0.2, 0) is 9.59 Å². The lowest BCUT2D eigenvalue weighted by Crippen LogP contribution is -2.50. The number of aliphatic carboxylic acids is 1. The molecule has 9 heteroatoms. The van der Waals surface area contributed by atoms with E-state index in [1.54, 1.807) is 5.32 Å². The molecule has 0 aliphatic carbocycles. The minimum absolute atomic E-state index is 0.685. The van der Waals surface area contributed by atoms with Gasteiger partial charge in [-0.25, -0.2) is 4.79 Å². The zero-order chi connectivity index (χ0) is 13.6. The van der Waals surface area contributed by atoms with Crippen LogP contribution in [0.5, 0.6) is 0 Å². The lowest BCUT2D eigenvalue weighted by atomic mass is 10.2. The number of hydrogen-bond donors (Lipinski definition) is 4. The van der Waals surface area contributed by atoms with E-state index in [-0.39, 0.29) is 0 Å². The lowest BCUT2D eigenvalue weighted by molar-refractivity contribution is -0.145. The molecule has 100 valence electrons.